The van der Waals surface area contributed by atoms with Crippen molar-refractivity contribution in [1.82, 2.24) is 15.0 Å². The van der Waals surface area contributed by atoms with Gasteiger partial charge in [-0.1, -0.05) is 6.92 Å². The van der Waals surface area contributed by atoms with E-state index in [4.69, 9.17) is 5.73 Å². The van der Waals surface area contributed by atoms with Gasteiger partial charge in [0, 0.05) is 26.7 Å². The van der Waals surface area contributed by atoms with Crippen molar-refractivity contribution >= 4 is 17.8 Å². The molecule has 1 aliphatic heterocycles. The van der Waals surface area contributed by atoms with Gasteiger partial charge in [-0.25, -0.2) is 0 Å². The van der Waals surface area contributed by atoms with Crippen LogP contribution >= 0.6 is 0 Å². The third-order valence-electron chi connectivity index (χ3n) is 3.40. The van der Waals surface area contributed by atoms with Crippen molar-refractivity contribution in [3.05, 3.63) is 0 Å². The van der Waals surface area contributed by atoms with Crippen LogP contribution < -0.4 is 15.5 Å². The van der Waals surface area contributed by atoms with E-state index in [-0.39, 0.29) is 5.95 Å². The molecule has 2 atom stereocenters. The quantitative estimate of drug-likeness (QED) is 0.849. The number of piperidine rings is 1. The number of nitrogens with two attached hydrogens (primary N) is 1. The topological polar surface area (TPSA) is 71.2 Å². The summed E-state index contributed by atoms with van der Waals surface area (Å²) in [5, 5.41) is 0. The van der Waals surface area contributed by atoms with E-state index in [1.807, 2.05) is 19.0 Å². The molecule has 1 aromatic rings. The minimum absolute atomic E-state index is 0.286. The van der Waals surface area contributed by atoms with E-state index in [9.17, 15) is 0 Å². The Morgan fingerprint density at radius 2 is 1.89 bits per heavy atom. The van der Waals surface area contributed by atoms with E-state index in [1.54, 1.807) is 0 Å². The number of rotatable bonds is 2. The van der Waals surface area contributed by atoms with E-state index in [0.717, 1.165) is 6.54 Å². The van der Waals surface area contributed by atoms with Gasteiger partial charge in [0.15, 0.2) is 0 Å². The molecule has 0 radical (unpaired) electrons. The molecule has 0 spiro atoms. The van der Waals surface area contributed by atoms with Gasteiger partial charge in [0.25, 0.3) is 0 Å². The van der Waals surface area contributed by atoms with E-state index >= 15 is 0 Å². The molecule has 0 saturated carbocycles. The summed E-state index contributed by atoms with van der Waals surface area (Å²) in [5.41, 5.74) is 5.77. The molecule has 0 amide bonds. The van der Waals surface area contributed by atoms with E-state index < -0.39 is 0 Å². The number of anilines is 3. The largest absolute Gasteiger partial charge is 0.368 e. The summed E-state index contributed by atoms with van der Waals surface area (Å²) in [6, 6.07) is 0.456. The molecule has 0 bridgehead atoms. The molecule has 6 nitrogen and oxygen atoms in total. The molecule has 0 aromatic carbocycles. The normalized spacial score (nSPS) is 24.1. The zero-order chi connectivity index (χ0) is 13.3. The maximum atomic E-state index is 5.77. The van der Waals surface area contributed by atoms with Crippen LogP contribution in [0.3, 0.4) is 0 Å². The van der Waals surface area contributed by atoms with Crippen molar-refractivity contribution < 1.29 is 0 Å². The summed E-state index contributed by atoms with van der Waals surface area (Å²) in [6.45, 7) is 5.45. The fourth-order valence-corrected chi connectivity index (χ4v) is 2.27. The summed E-state index contributed by atoms with van der Waals surface area (Å²) in [5.74, 6) is 2.27. The average molecular weight is 250 g/mol. The first-order valence-electron chi connectivity index (χ1n) is 6.43. The minimum atomic E-state index is 0.286. The van der Waals surface area contributed by atoms with Crippen LogP contribution in [0.1, 0.15) is 26.7 Å². The molecule has 2 heterocycles. The number of hydrogen-bond donors (Lipinski definition) is 1. The summed E-state index contributed by atoms with van der Waals surface area (Å²) in [6.07, 6.45) is 2.43. The Hall–Kier alpha value is -1.59. The highest BCUT2D eigenvalue weighted by atomic mass is 15.3. The Labute approximate surface area is 108 Å². The van der Waals surface area contributed by atoms with Gasteiger partial charge in [-0.05, 0) is 25.7 Å². The molecule has 2 N–H and O–H groups in total. The van der Waals surface area contributed by atoms with Gasteiger partial charge in [0.1, 0.15) is 0 Å². The number of nitrogens with zero attached hydrogens (tertiary/aromatic N) is 5. The molecular formula is C12H22N6. The smallest absolute Gasteiger partial charge is 0.232 e. The Morgan fingerprint density at radius 3 is 2.56 bits per heavy atom. The van der Waals surface area contributed by atoms with Gasteiger partial charge >= 0.3 is 0 Å². The Bertz CT molecular complexity index is 419. The zero-order valence-electron chi connectivity index (χ0n) is 11.6. The molecule has 2 unspecified atom stereocenters. The second kappa shape index (κ2) is 4.96. The maximum Gasteiger partial charge on any atom is 0.232 e. The minimum Gasteiger partial charge on any atom is -0.368 e. The Morgan fingerprint density at radius 1 is 1.17 bits per heavy atom. The highest BCUT2D eigenvalue weighted by Crippen LogP contribution is 2.25. The maximum absolute atomic E-state index is 5.77. The third kappa shape index (κ3) is 2.63. The second-order valence-electron chi connectivity index (χ2n) is 5.37. The lowest BCUT2D eigenvalue weighted by Gasteiger charge is -2.36. The standard InChI is InChI=1S/C12H22N6/c1-8-5-6-9(2)18(7-8)12-15-10(13)14-11(16-12)17(3)4/h8-9H,5-7H2,1-4H3,(H2,13,14,15,16). The molecule has 100 valence electrons. The molecule has 6 heteroatoms. The predicted molar refractivity (Wildman–Crippen MR) is 73.8 cm³/mol. The third-order valence-corrected chi connectivity index (χ3v) is 3.40. The summed E-state index contributed by atoms with van der Waals surface area (Å²) >= 11 is 0. The van der Waals surface area contributed by atoms with Crippen LogP contribution in [0, 0.1) is 5.92 Å². The number of nitrogen functional groups attached to an aromatic ring is 1. The van der Waals surface area contributed by atoms with Crippen LogP contribution in [0.2, 0.25) is 0 Å². The van der Waals surface area contributed by atoms with Crippen LogP contribution in [0.4, 0.5) is 17.8 Å². The second-order valence-corrected chi connectivity index (χ2v) is 5.37. The van der Waals surface area contributed by atoms with Gasteiger partial charge in [-0.2, -0.15) is 15.0 Å². The molecule has 2 rings (SSSR count). The Kier molecular flexibility index (Phi) is 3.54. The van der Waals surface area contributed by atoms with E-state index in [1.165, 1.54) is 12.8 Å². The first-order chi connectivity index (χ1) is 8.47. The fraction of sp³-hybridized carbons (Fsp3) is 0.750. The lowest BCUT2D eigenvalue weighted by atomic mass is 9.95. The van der Waals surface area contributed by atoms with Crippen molar-refractivity contribution in [2.45, 2.75) is 32.7 Å². The molecule has 1 aliphatic rings. The average Bonchev–Trinajstić information content (AvgIpc) is 2.31. The number of hydrogen-bond acceptors (Lipinski definition) is 6. The van der Waals surface area contributed by atoms with Crippen molar-refractivity contribution in [3.63, 3.8) is 0 Å². The van der Waals surface area contributed by atoms with Gasteiger partial charge < -0.3 is 15.5 Å². The SMILES string of the molecule is CC1CCC(C)N(c2nc(N)nc(N(C)C)n2)C1. The highest BCUT2D eigenvalue weighted by molar-refractivity contribution is 5.43. The monoisotopic (exact) mass is 250 g/mol. The predicted octanol–water partition coefficient (Wildman–Crippen LogP) is 1.14. The molecule has 1 aromatic heterocycles. The van der Waals surface area contributed by atoms with Crippen LogP contribution in [0.15, 0.2) is 0 Å². The van der Waals surface area contributed by atoms with Crippen LogP contribution in [0.25, 0.3) is 0 Å². The van der Waals surface area contributed by atoms with Crippen LogP contribution in [-0.2, 0) is 0 Å². The van der Waals surface area contributed by atoms with E-state index in [0.29, 0.717) is 23.9 Å². The molecule has 1 fully saturated rings. The first-order valence-corrected chi connectivity index (χ1v) is 6.43. The van der Waals surface area contributed by atoms with Crippen molar-refractivity contribution in [3.8, 4) is 0 Å². The van der Waals surface area contributed by atoms with Gasteiger partial charge in [0.2, 0.25) is 17.8 Å². The van der Waals surface area contributed by atoms with Crippen molar-refractivity contribution in [2.24, 2.45) is 5.92 Å². The summed E-state index contributed by atoms with van der Waals surface area (Å²) in [7, 11) is 3.81. The first kappa shape index (κ1) is 12.9. The lowest BCUT2D eigenvalue weighted by Crippen LogP contribution is -2.42. The van der Waals surface area contributed by atoms with Crippen LogP contribution in [0.5, 0.6) is 0 Å². The van der Waals surface area contributed by atoms with Crippen LogP contribution in [-0.4, -0.2) is 41.6 Å². The number of aromatic nitrogens is 3. The van der Waals surface area contributed by atoms with E-state index in [2.05, 4.69) is 33.7 Å². The Balaban J connectivity index is 2.31. The van der Waals surface area contributed by atoms with Gasteiger partial charge in [0.05, 0.1) is 0 Å². The zero-order valence-corrected chi connectivity index (χ0v) is 11.6. The van der Waals surface area contributed by atoms with Gasteiger partial charge in [-0.15, -0.1) is 0 Å². The van der Waals surface area contributed by atoms with Crippen molar-refractivity contribution in [1.29, 1.82) is 0 Å². The molecule has 0 aliphatic carbocycles. The lowest BCUT2D eigenvalue weighted by molar-refractivity contribution is 0.385. The molecular weight excluding hydrogens is 228 g/mol. The van der Waals surface area contributed by atoms with Gasteiger partial charge in [-0.3, -0.25) is 0 Å². The molecule has 18 heavy (non-hydrogen) atoms. The highest BCUT2D eigenvalue weighted by Gasteiger charge is 2.25. The summed E-state index contributed by atoms with van der Waals surface area (Å²) < 4.78 is 0. The fourth-order valence-electron chi connectivity index (χ4n) is 2.27. The molecule has 1 saturated heterocycles. The van der Waals surface area contributed by atoms with Crippen molar-refractivity contribution in [2.75, 3.05) is 36.2 Å². The summed E-state index contributed by atoms with van der Waals surface area (Å²) in [4.78, 5) is 17.0.